The van der Waals surface area contributed by atoms with Gasteiger partial charge in [-0.1, -0.05) is 6.92 Å². The van der Waals surface area contributed by atoms with Gasteiger partial charge in [-0.15, -0.1) is 0 Å². The molecule has 1 aromatic carbocycles. The third-order valence-electron chi connectivity index (χ3n) is 5.92. The van der Waals surface area contributed by atoms with Gasteiger partial charge in [0.05, 0.1) is 11.9 Å². The van der Waals surface area contributed by atoms with Crippen LogP contribution >= 0.6 is 0 Å². The first-order chi connectivity index (χ1) is 13.1. The lowest BCUT2D eigenvalue weighted by atomic mass is 9.85. The Labute approximate surface area is 159 Å². The summed E-state index contributed by atoms with van der Waals surface area (Å²) in [5, 5.41) is 4.43. The van der Waals surface area contributed by atoms with E-state index in [1.165, 1.54) is 12.1 Å². The van der Waals surface area contributed by atoms with Gasteiger partial charge in [-0.2, -0.15) is 5.10 Å². The van der Waals surface area contributed by atoms with Crippen molar-refractivity contribution in [2.24, 2.45) is 0 Å². The van der Waals surface area contributed by atoms with Gasteiger partial charge in [0.2, 0.25) is 5.91 Å². The molecule has 2 aliphatic rings. The molecule has 0 saturated carbocycles. The highest BCUT2D eigenvalue weighted by Gasteiger charge is 2.50. The Kier molecular flexibility index (Phi) is 5.00. The molecule has 27 heavy (non-hydrogen) atoms. The van der Waals surface area contributed by atoms with Gasteiger partial charge in [0.1, 0.15) is 11.4 Å². The summed E-state index contributed by atoms with van der Waals surface area (Å²) in [6, 6.07) is 6.32. The van der Waals surface area contributed by atoms with Crippen LogP contribution in [0.5, 0.6) is 0 Å². The Balaban J connectivity index is 1.52. The molecule has 0 radical (unpaired) electrons. The predicted molar refractivity (Wildman–Crippen MR) is 102 cm³/mol. The lowest BCUT2D eigenvalue weighted by Gasteiger charge is -2.44. The molecule has 2 fully saturated rings. The van der Waals surface area contributed by atoms with Crippen LogP contribution in [-0.2, 0) is 11.3 Å². The SMILES string of the molecule is CCCN1CCCC2(CCCN2Cc2cnn(-c3ccc(F)cc3)c2)C1=O. The Morgan fingerprint density at radius 1 is 1.15 bits per heavy atom. The van der Waals surface area contributed by atoms with Gasteiger partial charge in [0.25, 0.3) is 0 Å². The van der Waals surface area contributed by atoms with Crippen molar-refractivity contribution in [3.8, 4) is 5.69 Å². The lowest BCUT2D eigenvalue weighted by molar-refractivity contribution is -0.147. The number of piperidine rings is 1. The maximum absolute atomic E-state index is 13.2. The summed E-state index contributed by atoms with van der Waals surface area (Å²) in [6.45, 7) is 5.56. The molecule has 1 aromatic heterocycles. The number of nitrogens with zero attached hydrogens (tertiary/aromatic N) is 4. The van der Waals surface area contributed by atoms with Crippen LogP contribution < -0.4 is 0 Å². The Morgan fingerprint density at radius 2 is 1.89 bits per heavy atom. The molecule has 1 amide bonds. The van der Waals surface area contributed by atoms with Crippen molar-refractivity contribution in [3.05, 3.63) is 48.0 Å². The number of rotatable bonds is 5. The molecular formula is C21H27FN4O. The fourth-order valence-corrected chi connectivity index (χ4v) is 4.64. The molecule has 1 spiro atoms. The molecule has 0 bridgehead atoms. The van der Waals surface area contributed by atoms with Crippen molar-refractivity contribution in [2.75, 3.05) is 19.6 Å². The van der Waals surface area contributed by atoms with E-state index in [9.17, 15) is 9.18 Å². The predicted octanol–water partition coefficient (Wildman–Crippen LogP) is 3.38. The summed E-state index contributed by atoms with van der Waals surface area (Å²) in [6.07, 6.45) is 8.90. The van der Waals surface area contributed by atoms with Crippen LogP contribution in [0, 0.1) is 5.82 Å². The zero-order valence-electron chi connectivity index (χ0n) is 15.9. The Morgan fingerprint density at radius 3 is 2.63 bits per heavy atom. The average Bonchev–Trinajstić information content (AvgIpc) is 3.29. The van der Waals surface area contributed by atoms with Crippen molar-refractivity contribution in [1.82, 2.24) is 19.6 Å². The molecule has 3 heterocycles. The minimum atomic E-state index is -0.328. The van der Waals surface area contributed by atoms with E-state index < -0.39 is 0 Å². The Bertz CT molecular complexity index is 801. The van der Waals surface area contributed by atoms with E-state index in [2.05, 4.69) is 21.8 Å². The normalized spacial score (nSPS) is 23.5. The highest BCUT2D eigenvalue weighted by atomic mass is 19.1. The van der Waals surface area contributed by atoms with E-state index in [1.807, 2.05) is 12.4 Å². The van der Waals surface area contributed by atoms with E-state index in [0.29, 0.717) is 5.91 Å². The Hall–Kier alpha value is -2.21. The molecule has 0 aliphatic carbocycles. The van der Waals surface area contributed by atoms with Gasteiger partial charge in [0.15, 0.2) is 0 Å². The van der Waals surface area contributed by atoms with Gasteiger partial charge >= 0.3 is 0 Å². The van der Waals surface area contributed by atoms with Gasteiger partial charge in [0, 0.05) is 31.4 Å². The minimum absolute atomic E-state index is 0.252. The van der Waals surface area contributed by atoms with Crippen LogP contribution in [0.3, 0.4) is 0 Å². The smallest absolute Gasteiger partial charge is 0.243 e. The molecule has 1 unspecified atom stereocenters. The van der Waals surface area contributed by atoms with Crippen molar-refractivity contribution < 1.29 is 9.18 Å². The average molecular weight is 370 g/mol. The first-order valence-corrected chi connectivity index (χ1v) is 9.96. The number of benzene rings is 1. The van der Waals surface area contributed by atoms with E-state index in [1.54, 1.807) is 16.8 Å². The van der Waals surface area contributed by atoms with Crippen LogP contribution in [0.25, 0.3) is 5.69 Å². The van der Waals surface area contributed by atoms with Gasteiger partial charge in [-0.05, 0) is 62.9 Å². The van der Waals surface area contributed by atoms with Crippen LogP contribution in [0.4, 0.5) is 4.39 Å². The third-order valence-corrected chi connectivity index (χ3v) is 5.92. The van der Waals surface area contributed by atoms with E-state index in [4.69, 9.17) is 0 Å². The molecule has 0 N–H and O–H groups in total. The second-order valence-corrected chi connectivity index (χ2v) is 7.72. The van der Waals surface area contributed by atoms with Crippen LogP contribution in [0.2, 0.25) is 0 Å². The lowest BCUT2D eigenvalue weighted by Crippen LogP contribution is -2.59. The number of carbonyl (C=O) groups excluding carboxylic acids is 1. The van der Waals surface area contributed by atoms with E-state index in [0.717, 1.165) is 69.5 Å². The fourth-order valence-electron chi connectivity index (χ4n) is 4.64. The number of halogens is 1. The largest absolute Gasteiger partial charge is 0.341 e. The van der Waals surface area contributed by atoms with Gasteiger partial charge < -0.3 is 4.90 Å². The second-order valence-electron chi connectivity index (χ2n) is 7.72. The van der Waals surface area contributed by atoms with Crippen molar-refractivity contribution in [2.45, 2.75) is 51.1 Å². The van der Waals surface area contributed by atoms with E-state index >= 15 is 0 Å². The molecule has 6 heteroatoms. The standard InChI is InChI=1S/C21H27FN4O/c1-2-11-24-12-3-9-21(20(24)27)10-4-13-25(21)15-17-14-23-26(16-17)19-7-5-18(22)6-8-19/h5-8,14,16H,2-4,9-13,15H2,1H3. The quantitative estimate of drug-likeness (QED) is 0.810. The second kappa shape index (κ2) is 7.43. The molecule has 144 valence electrons. The molecule has 2 aliphatic heterocycles. The number of hydrogen-bond acceptors (Lipinski definition) is 3. The van der Waals surface area contributed by atoms with Gasteiger partial charge in [-0.3, -0.25) is 9.69 Å². The summed E-state index contributed by atoms with van der Waals surface area (Å²) in [5.41, 5.74) is 1.59. The summed E-state index contributed by atoms with van der Waals surface area (Å²) < 4.78 is 14.9. The first-order valence-electron chi connectivity index (χ1n) is 9.96. The van der Waals surface area contributed by atoms with Gasteiger partial charge in [-0.25, -0.2) is 9.07 Å². The number of amides is 1. The topological polar surface area (TPSA) is 41.4 Å². The highest BCUT2D eigenvalue weighted by Crippen LogP contribution is 2.39. The van der Waals surface area contributed by atoms with Crippen molar-refractivity contribution in [3.63, 3.8) is 0 Å². The monoisotopic (exact) mass is 370 g/mol. The maximum Gasteiger partial charge on any atom is 0.243 e. The zero-order chi connectivity index (χ0) is 18.9. The van der Waals surface area contributed by atoms with E-state index in [-0.39, 0.29) is 11.4 Å². The van der Waals surface area contributed by atoms with Crippen LogP contribution in [-0.4, -0.2) is 50.7 Å². The number of aromatic nitrogens is 2. The molecule has 2 saturated heterocycles. The van der Waals surface area contributed by atoms with Crippen LogP contribution in [0.1, 0.15) is 44.6 Å². The molecule has 5 nitrogen and oxygen atoms in total. The fraction of sp³-hybridized carbons (Fsp3) is 0.524. The van der Waals surface area contributed by atoms with Crippen molar-refractivity contribution in [1.29, 1.82) is 0 Å². The molecule has 1 atom stereocenters. The maximum atomic E-state index is 13.2. The summed E-state index contributed by atoms with van der Waals surface area (Å²) in [5.74, 6) is 0.0663. The summed E-state index contributed by atoms with van der Waals surface area (Å²) in [7, 11) is 0. The van der Waals surface area contributed by atoms with Crippen LogP contribution in [0.15, 0.2) is 36.7 Å². The first kappa shape index (κ1) is 18.2. The highest BCUT2D eigenvalue weighted by molar-refractivity contribution is 5.87. The number of likely N-dealkylation sites (tertiary alicyclic amines) is 2. The molecular weight excluding hydrogens is 343 g/mol. The molecule has 4 rings (SSSR count). The summed E-state index contributed by atoms with van der Waals surface area (Å²) >= 11 is 0. The van der Waals surface area contributed by atoms with Crippen molar-refractivity contribution >= 4 is 5.91 Å². The number of carbonyl (C=O) groups is 1. The third kappa shape index (κ3) is 3.38. The minimum Gasteiger partial charge on any atom is -0.341 e. The molecule has 2 aromatic rings. The number of hydrogen-bond donors (Lipinski definition) is 0. The summed E-state index contributed by atoms with van der Waals surface area (Å²) in [4.78, 5) is 17.7. The zero-order valence-corrected chi connectivity index (χ0v) is 15.9.